The van der Waals surface area contributed by atoms with Crippen LogP contribution in [0.15, 0.2) is 42.7 Å². The van der Waals surface area contributed by atoms with Gasteiger partial charge in [-0.2, -0.15) is 0 Å². The van der Waals surface area contributed by atoms with Crippen molar-refractivity contribution in [2.24, 2.45) is 0 Å². The Morgan fingerprint density at radius 2 is 2.17 bits per heavy atom. The molecule has 1 aliphatic heterocycles. The zero-order chi connectivity index (χ0) is 16.4. The van der Waals surface area contributed by atoms with E-state index in [0.29, 0.717) is 6.42 Å². The Hall–Kier alpha value is -2.20. The number of carbonyl (C=O) groups excluding carboxylic acids is 1. The Labute approximate surface area is 142 Å². The van der Waals surface area contributed by atoms with Gasteiger partial charge < -0.3 is 10.2 Å². The van der Waals surface area contributed by atoms with Gasteiger partial charge in [0, 0.05) is 32.0 Å². The van der Waals surface area contributed by atoms with Crippen molar-refractivity contribution in [2.75, 3.05) is 19.6 Å². The Morgan fingerprint density at radius 1 is 1.25 bits per heavy atom. The summed E-state index contributed by atoms with van der Waals surface area (Å²) in [6, 6.07) is 10.6. The number of pyridine rings is 1. The number of hydrogen-bond acceptors (Lipinski definition) is 3. The highest BCUT2D eigenvalue weighted by Crippen LogP contribution is 2.25. The number of aromatic nitrogens is 1. The van der Waals surface area contributed by atoms with E-state index in [-0.39, 0.29) is 11.9 Å². The number of nitrogens with zero attached hydrogens (tertiary/aromatic N) is 2. The number of piperazine rings is 1. The van der Waals surface area contributed by atoms with E-state index in [9.17, 15) is 4.79 Å². The smallest absolute Gasteiger partial charge is 0.227 e. The highest BCUT2D eigenvalue weighted by Gasteiger charge is 2.28. The number of carbonyl (C=O) groups is 1. The Kier molecular flexibility index (Phi) is 4.30. The average Bonchev–Trinajstić information content (AvgIpc) is 3.10. The number of amides is 1. The highest BCUT2D eigenvalue weighted by molar-refractivity contribution is 5.79. The second-order valence-electron chi connectivity index (χ2n) is 6.73. The summed E-state index contributed by atoms with van der Waals surface area (Å²) in [6.45, 7) is 2.40. The van der Waals surface area contributed by atoms with Gasteiger partial charge >= 0.3 is 0 Å². The lowest BCUT2D eigenvalue weighted by Gasteiger charge is -2.36. The molecule has 4 heteroatoms. The molecule has 4 rings (SSSR count). The van der Waals surface area contributed by atoms with E-state index in [1.165, 1.54) is 24.0 Å². The maximum absolute atomic E-state index is 12.9. The van der Waals surface area contributed by atoms with Crippen LogP contribution >= 0.6 is 0 Å². The molecule has 1 N–H and O–H groups in total. The minimum absolute atomic E-state index is 0.0781. The molecule has 0 spiro atoms. The second kappa shape index (κ2) is 6.73. The molecule has 1 saturated heterocycles. The van der Waals surface area contributed by atoms with Crippen LogP contribution in [-0.2, 0) is 24.1 Å². The first kappa shape index (κ1) is 15.3. The zero-order valence-electron chi connectivity index (χ0n) is 13.9. The van der Waals surface area contributed by atoms with E-state index < -0.39 is 0 Å². The molecule has 1 fully saturated rings. The van der Waals surface area contributed by atoms with Gasteiger partial charge in [0.2, 0.25) is 5.91 Å². The first-order valence-electron chi connectivity index (χ1n) is 8.82. The van der Waals surface area contributed by atoms with Crippen molar-refractivity contribution in [2.45, 2.75) is 31.7 Å². The molecule has 1 amide bonds. The molecule has 0 radical (unpaired) electrons. The summed E-state index contributed by atoms with van der Waals surface area (Å²) in [5, 5.41) is 3.39. The highest BCUT2D eigenvalue weighted by atomic mass is 16.2. The quantitative estimate of drug-likeness (QED) is 0.943. The number of aryl methyl sites for hydroxylation is 2. The molecule has 1 aliphatic carbocycles. The van der Waals surface area contributed by atoms with Crippen LogP contribution in [0.1, 0.15) is 34.7 Å². The normalized spacial score (nSPS) is 20.0. The van der Waals surface area contributed by atoms with E-state index in [0.717, 1.165) is 37.2 Å². The van der Waals surface area contributed by atoms with Crippen LogP contribution in [0.25, 0.3) is 0 Å². The van der Waals surface area contributed by atoms with Crippen molar-refractivity contribution in [3.63, 3.8) is 0 Å². The summed E-state index contributed by atoms with van der Waals surface area (Å²) < 4.78 is 0. The maximum atomic E-state index is 12.9. The third kappa shape index (κ3) is 3.06. The average molecular weight is 321 g/mol. The van der Waals surface area contributed by atoms with Gasteiger partial charge in [-0.25, -0.2) is 0 Å². The number of hydrogen-bond donors (Lipinski definition) is 1. The maximum Gasteiger partial charge on any atom is 0.227 e. The fourth-order valence-corrected chi connectivity index (χ4v) is 3.89. The van der Waals surface area contributed by atoms with Crippen LogP contribution < -0.4 is 5.32 Å². The monoisotopic (exact) mass is 321 g/mol. The molecule has 124 valence electrons. The van der Waals surface area contributed by atoms with Crippen molar-refractivity contribution >= 4 is 5.91 Å². The molecule has 1 aromatic heterocycles. The molecule has 1 unspecified atom stereocenters. The van der Waals surface area contributed by atoms with Crippen molar-refractivity contribution in [3.8, 4) is 0 Å². The lowest BCUT2D eigenvalue weighted by atomic mass is 10.0. The lowest BCUT2D eigenvalue weighted by molar-refractivity contribution is -0.133. The van der Waals surface area contributed by atoms with Crippen LogP contribution in [0.2, 0.25) is 0 Å². The summed E-state index contributed by atoms with van der Waals surface area (Å²) in [5.74, 6) is 0.211. The minimum atomic E-state index is 0.0781. The van der Waals surface area contributed by atoms with Gasteiger partial charge in [0.05, 0.1) is 12.5 Å². The van der Waals surface area contributed by atoms with Gasteiger partial charge in [0.25, 0.3) is 0 Å². The lowest BCUT2D eigenvalue weighted by Crippen LogP contribution is -2.49. The molecule has 24 heavy (non-hydrogen) atoms. The Bertz CT molecular complexity index is 729. The summed E-state index contributed by atoms with van der Waals surface area (Å²) in [4.78, 5) is 19.2. The molecular formula is C20H23N3O. The van der Waals surface area contributed by atoms with Gasteiger partial charge in [-0.1, -0.05) is 24.3 Å². The largest absolute Gasteiger partial charge is 0.333 e. The number of fused-ring (bicyclic) bond motifs is 1. The summed E-state index contributed by atoms with van der Waals surface area (Å²) in [6.07, 6.45) is 7.72. The van der Waals surface area contributed by atoms with Gasteiger partial charge in [0.15, 0.2) is 0 Å². The van der Waals surface area contributed by atoms with Crippen LogP contribution in [0.4, 0.5) is 0 Å². The van der Waals surface area contributed by atoms with Crippen LogP contribution in [0.3, 0.4) is 0 Å². The standard InChI is InChI=1S/C20H23N3O/c24-20(12-15-6-7-16-3-1-4-17(16)11-15)23-10-9-22-14-19(23)18-5-2-8-21-13-18/h2,5-8,11,13,19,22H,1,3-4,9-10,12,14H2. The van der Waals surface area contributed by atoms with Crippen LogP contribution in [0.5, 0.6) is 0 Å². The predicted octanol–water partition coefficient (Wildman–Crippen LogP) is 2.29. The molecule has 0 saturated carbocycles. The van der Waals surface area contributed by atoms with Gasteiger partial charge in [-0.3, -0.25) is 9.78 Å². The van der Waals surface area contributed by atoms with Crippen molar-refractivity contribution < 1.29 is 4.79 Å². The summed E-state index contributed by atoms with van der Waals surface area (Å²) in [5.41, 5.74) is 5.14. The minimum Gasteiger partial charge on any atom is -0.333 e. The molecule has 1 aromatic carbocycles. The fraction of sp³-hybridized carbons (Fsp3) is 0.400. The molecular weight excluding hydrogens is 298 g/mol. The van der Waals surface area contributed by atoms with Crippen molar-refractivity contribution in [1.29, 1.82) is 0 Å². The molecule has 1 atom stereocenters. The van der Waals surface area contributed by atoms with Crippen molar-refractivity contribution in [1.82, 2.24) is 15.2 Å². The molecule has 2 heterocycles. The third-order valence-corrected chi connectivity index (χ3v) is 5.15. The van der Waals surface area contributed by atoms with Crippen LogP contribution in [-0.4, -0.2) is 35.4 Å². The van der Waals surface area contributed by atoms with E-state index in [4.69, 9.17) is 0 Å². The SMILES string of the molecule is O=C(Cc1ccc2c(c1)CCC2)N1CCNCC1c1cccnc1. The van der Waals surface area contributed by atoms with Crippen molar-refractivity contribution in [3.05, 3.63) is 65.0 Å². The van der Waals surface area contributed by atoms with E-state index in [1.807, 2.05) is 17.2 Å². The summed E-state index contributed by atoms with van der Waals surface area (Å²) >= 11 is 0. The van der Waals surface area contributed by atoms with Gasteiger partial charge in [-0.05, 0) is 47.6 Å². The molecule has 0 bridgehead atoms. The van der Waals surface area contributed by atoms with Gasteiger partial charge in [0.1, 0.15) is 0 Å². The van der Waals surface area contributed by atoms with Crippen LogP contribution in [0, 0.1) is 0 Å². The molecule has 2 aromatic rings. The Balaban J connectivity index is 1.51. The van der Waals surface area contributed by atoms with E-state index in [1.54, 1.807) is 6.20 Å². The second-order valence-corrected chi connectivity index (χ2v) is 6.73. The van der Waals surface area contributed by atoms with Gasteiger partial charge in [-0.15, -0.1) is 0 Å². The van der Waals surface area contributed by atoms with E-state index >= 15 is 0 Å². The molecule has 2 aliphatic rings. The number of rotatable bonds is 3. The topological polar surface area (TPSA) is 45.2 Å². The first-order chi connectivity index (χ1) is 11.8. The Morgan fingerprint density at radius 3 is 3.04 bits per heavy atom. The zero-order valence-corrected chi connectivity index (χ0v) is 13.9. The predicted molar refractivity (Wildman–Crippen MR) is 93.7 cm³/mol. The number of nitrogens with one attached hydrogen (secondary N) is 1. The third-order valence-electron chi connectivity index (χ3n) is 5.15. The van der Waals surface area contributed by atoms with E-state index in [2.05, 4.69) is 34.6 Å². The molecule has 4 nitrogen and oxygen atoms in total. The first-order valence-corrected chi connectivity index (χ1v) is 8.82. The summed E-state index contributed by atoms with van der Waals surface area (Å²) in [7, 11) is 0. The number of benzene rings is 1. The fourth-order valence-electron chi connectivity index (χ4n) is 3.89.